The predicted octanol–water partition coefficient (Wildman–Crippen LogP) is 5.82. The van der Waals surface area contributed by atoms with Gasteiger partial charge in [0.15, 0.2) is 0 Å². The second kappa shape index (κ2) is 18.3. The molecule has 0 radical (unpaired) electrons. The molecule has 0 saturated carbocycles. The second-order valence-corrected chi connectivity index (χ2v) is 18.0. The average molecular weight is 769 g/mol. The molecule has 0 bridgehead atoms. The van der Waals surface area contributed by atoms with Crippen molar-refractivity contribution in [2.24, 2.45) is 11.3 Å². The quantitative estimate of drug-likeness (QED) is 0.203. The van der Waals surface area contributed by atoms with Crippen LogP contribution in [0.5, 0.6) is 0 Å². The minimum absolute atomic E-state index is 0. The topological polar surface area (TPSA) is 0 Å². The fourth-order valence-corrected chi connectivity index (χ4v) is 6.83. The number of halogens is 2. The van der Waals surface area contributed by atoms with E-state index in [9.17, 15) is 0 Å². The Morgan fingerprint density at radius 2 is 1.20 bits per heavy atom. The molecule has 49 heavy (non-hydrogen) atoms. The summed E-state index contributed by atoms with van der Waals surface area (Å²) >= 11 is 1.55. The van der Waals surface area contributed by atoms with Crippen LogP contribution in [0.2, 0.25) is 0 Å². The Bertz CT molecular complexity index is 1600. The van der Waals surface area contributed by atoms with Crippen LogP contribution in [0.1, 0.15) is 103 Å². The first-order valence-electron chi connectivity index (χ1n) is 17.2. The Hall–Kier alpha value is -2.31. The molecule has 0 spiro atoms. The van der Waals surface area contributed by atoms with E-state index in [4.69, 9.17) is 0 Å². The Balaban J connectivity index is 0.000000265. The molecule has 4 aromatic carbocycles. The minimum atomic E-state index is 0. The van der Waals surface area contributed by atoms with Gasteiger partial charge in [0.1, 0.15) is 0 Å². The summed E-state index contributed by atoms with van der Waals surface area (Å²) in [6.07, 6.45) is 10.9. The van der Waals surface area contributed by atoms with Gasteiger partial charge >= 0.3 is 112 Å². The van der Waals surface area contributed by atoms with Crippen LogP contribution in [0.4, 0.5) is 0 Å². The second-order valence-electron chi connectivity index (χ2n) is 16.2. The summed E-state index contributed by atoms with van der Waals surface area (Å²) in [6.45, 7) is 22.5. The predicted molar refractivity (Wildman–Crippen MR) is 201 cm³/mol. The van der Waals surface area contributed by atoms with Gasteiger partial charge in [0, 0.05) is 0 Å². The summed E-state index contributed by atoms with van der Waals surface area (Å²) in [5.41, 5.74) is 13.3. The third-order valence-corrected chi connectivity index (χ3v) is 9.65. The van der Waals surface area contributed by atoms with Crippen LogP contribution < -0.4 is 24.8 Å². The zero-order chi connectivity index (χ0) is 34.4. The molecule has 3 heteroatoms. The molecule has 0 nitrogen and oxygen atoms in total. The van der Waals surface area contributed by atoms with Crippen molar-refractivity contribution in [3.05, 3.63) is 154 Å². The number of hydrogen-bond donors (Lipinski definition) is 0. The Kier molecular flexibility index (Phi) is 16.0. The van der Waals surface area contributed by atoms with Crippen molar-refractivity contribution in [2.75, 3.05) is 0 Å². The Morgan fingerprint density at radius 3 is 1.63 bits per heavy atom. The maximum absolute atomic E-state index is 3.67. The Labute approximate surface area is 326 Å². The summed E-state index contributed by atoms with van der Waals surface area (Å²) < 4.78 is 1.60. The van der Waals surface area contributed by atoms with Crippen molar-refractivity contribution in [1.29, 1.82) is 0 Å². The molecule has 2 aliphatic rings. The molecular formula is C46H54Cl2Zr-2. The van der Waals surface area contributed by atoms with Gasteiger partial charge in [0.25, 0.3) is 0 Å². The van der Waals surface area contributed by atoms with Crippen LogP contribution in [-0.2, 0) is 54.3 Å². The third-order valence-electron chi connectivity index (χ3n) is 8.78. The summed E-state index contributed by atoms with van der Waals surface area (Å²) in [4.78, 5) is 0. The molecule has 258 valence electrons. The van der Waals surface area contributed by atoms with Crippen molar-refractivity contribution < 1.29 is 49.0 Å². The van der Waals surface area contributed by atoms with E-state index in [1.807, 2.05) is 0 Å². The zero-order valence-electron chi connectivity index (χ0n) is 31.3. The fourth-order valence-electron chi connectivity index (χ4n) is 5.83. The standard InChI is InChI=1S/C21H25.C15H14.C10H15.2ClH.Zr/c1-20(2,3)16-7-9-18-14(12-16)11-15-13-17(21(4,5)6)8-10-19(15)18;1-3-8-14(9-4-1)12-7-13-15-10-5-2-6-11-15;1-8-5-6-9(7-8)10(2,3)4;;;/h7-10,12H,11H2,1-6H3;1-6,8-11H,12-13H2;6-8H,1-4H3;2*1H;/q-1;;-1;;;+2/p-2. The monoisotopic (exact) mass is 766 g/mol. The molecule has 0 aliphatic heterocycles. The summed E-state index contributed by atoms with van der Waals surface area (Å²) in [6, 6.07) is 36.6. The average Bonchev–Trinajstić information content (AvgIpc) is 3.61. The van der Waals surface area contributed by atoms with Crippen molar-refractivity contribution in [2.45, 2.75) is 99.3 Å². The van der Waals surface area contributed by atoms with Crippen LogP contribution in [0, 0.1) is 23.5 Å². The molecule has 1 unspecified atom stereocenters. The molecule has 6 rings (SSSR count). The number of benzene rings is 4. The van der Waals surface area contributed by atoms with E-state index >= 15 is 0 Å². The SMILES string of the molecule is CC(C)(C)c1[c-]c2c(cc1)-c1ccc(C(C)(C)C)cc1C2.CC1[C-]=CC(C(C)(C)C)=C1.[Cl-].[Cl-].[Zr+2]=[C](Cc1ccccc1)Cc1ccccc1. The fraction of sp³-hybridized carbons (Fsp3) is 0.370. The van der Waals surface area contributed by atoms with Crippen LogP contribution in [0.15, 0.2) is 109 Å². The van der Waals surface area contributed by atoms with E-state index in [1.165, 1.54) is 50.1 Å². The van der Waals surface area contributed by atoms with Crippen molar-refractivity contribution >= 4 is 3.21 Å². The van der Waals surface area contributed by atoms with Gasteiger partial charge in [-0.05, 0) is 28.4 Å². The van der Waals surface area contributed by atoms with Gasteiger partial charge < -0.3 is 24.8 Å². The molecule has 0 amide bonds. The van der Waals surface area contributed by atoms with E-state index in [1.54, 1.807) is 27.4 Å². The van der Waals surface area contributed by atoms with E-state index in [2.05, 4.69) is 185 Å². The molecule has 0 saturated heterocycles. The maximum atomic E-state index is 3.67. The van der Waals surface area contributed by atoms with E-state index in [0.29, 0.717) is 11.3 Å². The molecule has 2 aliphatic carbocycles. The molecule has 0 heterocycles. The van der Waals surface area contributed by atoms with Gasteiger partial charge in [-0.3, -0.25) is 6.08 Å². The molecule has 0 fully saturated rings. The first kappa shape index (κ1) is 42.9. The van der Waals surface area contributed by atoms with Gasteiger partial charge in [0.05, 0.1) is 0 Å². The van der Waals surface area contributed by atoms with E-state index in [-0.39, 0.29) is 35.6 Å². The van der Waals surface area contributed by atoms with Gasteiger partial charge in [0.2, 0.25) is 0 Å². The van der Waals surface area contributed by atoms with E-state index in [0.717, 1.165) is 19.3 Å². The van der Waals surface area contributed by atoms with Crippen LogP contribution in [0.25, 0.3) is 11.1 Å². The molecule has 1 atom stereocenters. The number of rotatable bonds is 4. The number of fused-ring (bicyclic) bond motifs is 3. The number of hydrogen-bond acceptors (Lipinski definition) is 0. The summed E-state index contributed by atoms with van der Waals surface area (Å²) in [7, 11) is 0. The summed E-state index contributed by atoms with van der Waals surface area (Å²) in [5, 5.41) is 0. The van der Waals surface area contributed by atoms with Crippen LogP contribution in [-0.4, -0.2) is 3.21 Å². The molecule has 0 N–H and O–H groups in total. The van der Waals surface area contributed by atoms with Gasteiger partial charge in [-0.1, -0.05) is 104 Å². The normalized spacial score (nSPS) is 14.4. The van der Waals surface area contributed by atoms with Gasteiger partial charge in [-0.15, -0.1) is 11.1 Å². The van der Waals surface area contributed by atoms with Crippen LogP contribution >= 0.6 is 0 Å². The molecule has 4 aromatic rings. The van der Waals surface area contributed by atoms with Gasteiger partial charge in [-0.25, -0.2) is 6.08 Å². The van der Waals surface area contributed by atoms with Crippen molar-refractivity contribution in [1.82, 2.24) is 0 Å². The van der Waals surface area contributed by atoms with Crippen molar-refractivity contribution in [3.63, 3.8) is 0 Å². The zero-order valence-corrected chi connectivity index (χ0v) is 35.2. The third kappa shape index (κ3) is 12.8. The Morgan fingerprint density at radius 1 is 0.673 bits per heavy atom. The van der Waals surface area contributed by atoms with E-state index < -0.39 is 0 Å². The first-order valence-corrected chi connectivity index (χ1v) is 18.4. The van der Waals surface area contributed by atoms with Crippen LogP contribution in [0.3, 0.4) is 0 Å². The molecule has 0 aromatic heterocycles. The van der Waals surface area contributed by atoms with Crippen molar-refractivity contribution in [3.8, 4) is 11.1 Å². The van der Waals surface area contributed by atoms with Gasteiger partial charge in [-0.2, -0.15) is 35.4 Å². The summed E-state index contributed by atoms with van der Waals surface area (Å²) in [5.74, 6) is 0.522. The number of allylic oxidation sites excluding steroid dienone is 4. The molecular weight excluding hydrogens is 715 g/mol. The first-order chi connectivity index (χ1) is 22.0.